The molecule has 0 bridgehead atoms. The van der Waals surface area contributed by atoms with Crippen LogP contribution >= 0.6 is 0 Å². The van der Waals surface area contributed by atoms with E-state index in [4.69, 9.17) is 23.7 Å². The van der Waals surface area contributed by atoms with Gasteiger partial charge in [0.2, 0.25) is 0 Å². The van der Waals surface area contributed by atoms with Crippen LogP contribution < -0.4 is 0 Å². The van der Waals surface area contributed by atoms with Crippen molar-refractivity contribution in [3.8, 4) is 5.82 Å². The highest BCUT2D eigenvalue weighted by Gasteiger charge is 2.60. The molecule has 3 aliphatic rings. The first kappa shape index (κ1) is 46.3. The smallest absolute Gasteiger partial charge is 0.410 e. The molecule has 15 nitrogen and oxygen atoms in total. The zero-order valence-corrected chi connectivity index (χ0v) is 36.8. The van der Waals surface area contributed by atoms with E-state index >= 15 is 0 Å². The number of aryl methyl sites for hydroxylation is 1. The zero-order valence-electron chi connectivity index (χ0n) is 36.8. The topological polar surface area (TPSA) is 172 Å². The Morgan fingerprint density at radius 1 is 1.02 bits per heavy atom. The van der Waals surface area contributed by atoms with Crippen molar-refractivity contribution in [1.82, 2.24) is 24.3 Å². The quantitative estimate of drug-likeness (QED) is 0.169. The summed E-state index contributed by atoms with van der Waals surface area (Å²) in [7, 11) is 3.43. The molecule has 0 aromatic carbocycles. The molecule has 13 atom stereocenters. The SMILES string of the molecule is CC[C@H]1OC(=O)[C@H](C)C(=O)[C@H](C)[C@@H](O[C@@H]2O[C@H](C)C[C@H](N(C)CC)[C@H]2O)[C@](C)(OC)C[C@@H](C)C(=O)[C@H](C)[C@@H]2N(CCCCc3ccc(-n4ccnc4)nc3)C(=O)O[C@@]21C. The molecule has 0 unspecified atom stereocenters. The normalized spacial score (nSPS) is 36.3. The number of pyridine rings is 1. The van der Waals surface area contributed by atoms with Gasteiger partial charge in [0.05, 0.1) is 23.9 Å². The van der Waals surface area contributed by atoms with Gasteiger partial charge in [0.25, 0.3) is 0 Å². The molecular weight excluding hydrogens is 759 g/mol. The molecule has 15 heteroatoms. The van der Waals surface area contributed by atoms with E-state index in [0.29, 0.717) is 25.9 Å². The standard InChI is InChI=1S/C44H67N5O10/c1-12-33-44(9)38(49(42(54)59-44)20-15-14-16-31-17-18-34(46-24-31)48-21-19-45-25-48)28(5)35(50)26(3)23-43(8,55-11)39(29(6)36(51)30(7)40(53)57-33)58-41-37(52)32(47(10)13-2)22-27(4)56-41/h17-19,21,24-30,32-33,37-39,41,52H,12-16,20,22-23H2,1-11H3/t26-,27-,28+,29+,30-,32+,33-,37-,38+,39-,41+,43-,44-/m1/s1. The Balaban J connectivity index is 1.43. The first-order valence-electron chi connectivity index (χ1n) is 21.4. The lowest BCUT2D eigenvalue weighted by molar-refractivity contribution is -0.296. The number of Topliss-reactive ketones (excluding diaryl/α,β-unsaturated/α-hetero) is 2. The van der Waals surface area contributed by atoms with Crippen molar-refractivity contribution >= 4 is 23.6 Å². The first-order chi connectivity index (χ1) is 27.9. The van der Waals surface area contributed by atoms with Crippen LogP contribution in [-0.4, -0.2) is 134 Å². The number of fused-ring (bicyclic) bond motifs is 1. The molecule has 328 valence electrons. The fourth-order valence-electron chi connectivity index (χ4n) is 9.59. The van der Waals surface area contributed by atoms with Gasteiger partial charge in [-0.2, -0.15) is 0 Å². The highest BCUT2D eigenvalue weighted by Crippen LogP contribution is 2.43. The summed E-state index contributed by atoms with van der Waals surface area (Å²) >= 11 is 0. The second-order valence-electron chi connectivity index (χ2n) is 17.4. The molecule has 3 aliphatic heterocycles. The van der Waals surface area contributed by atoms with Gasteiger partial charge in [0, 0.05) is 56.0 Å². The first-order valence-corrected chi connectivity index (χ1v) is 21.4. The number of rotatable bonds is 12. The molecule has 2 aromatic rings. The molecule has 5 rings (SSSR count). The number of hydrogen-bond donors (Lipinski definition) is 1. The zero-order chi connectivity index (χ0) is 43.4. The Morgan fingerprint density at radius 3 is 2.36 bits per heavy atom. The number of ether oxygens (including phenoxy) is 5. The molecule has 3 saturated heterocycles. The van der Waals surface area contributed by atoms with Gasteiger partial charge in [-0.25, -0.2) is 14.8 Å². The molecular formula is C44H67N5O10. The number of aromatic nitrogens is 3. The predicted octanol–water partition coefficient (Wildman–Crippen LogP) is 5.18. The van der Waals surface area contributed by atoms with Crippen LogP contribution in [0.2, 0.25) is 0 Å². The summed E-state index contributed by atoms with van der Waals surface area (Å²) < 4.78 is 33.2. The molecule has 0 aliphatic carbocycles. The summed E-state index contributed by atoms with van der Waals surface area (Å²) in [6.07, 6.45) is 5.11. The van der Waals surface area contributed by atoms with Crippen LogP contribution in [0.4, 0.5) is 4.79 Å². The number of likely N-dealkylation sites (N-methyl/N-ethyl adjacent to an activating group) is 1. The largest absolute Gasteiger partial charge is 0.458 e. The van der Waals surface area contributed by atoms with Gasteiger partial charge in [-0.05, 0) is 91.4 Å². The van der Waals surface area contributed by atoms with E-state index in [1.165, 1.54) is 14.0 Å². The maximum Gasteiger partial charge on any atom is 0.410 e. The van der Waals surface area contributed by atoms with Crippen LogP contribution in [0.3, 0.4) is 0 Å². The lowest BCUT2D eigenvalue weighted by Crippen LogP contribution is -2.60. The van der Waals surface area contributed by atoms with Crippen molar-refractivity contribution in [3.63, 3.8) is 0 Å². The highest BCUT2D eigenvalue weighted by atomic mass is 16.7. The van der Waals surface area contributed by atoms with E-state index in [-0.39, 0.29) is 30.8 Å². The van der Waals surface area contributed by atoms with E-state index in [1.807, 2.05) is 68.7 Å². The van der Waals surface area contributed by atoms with Gasteiger partial charge in [-0.3, -0.25) is 19.0 Å². The number of amides is 1. The number of cyclic esters (lactones) is 1. The van der Waals surface area contributed by atoms with E-state index in [2.05, 4.69) is 9.97 Å². The summed E-state index contributed by atoms with van der Waals surface area (Å²) in [6.45, 7) is 17.0. The third kappa shape index (κ3) is 9.75. The van der Waals surface area contributed by atoms with Crippen LogP contribution in [0.25, 0.3) is 5.82 Å². The van der Waals surface area contributed by atoms with E-state index < -0.39 is 83.4 Å². The van der Waals surface area contributed by atoms with Crippen LogP contribution in [0.15, 0.2) is 37.1 Å². The van der Waals surface area contributed by atoms with Crippen molar-refractivity contribution in [1.29, 1.82) is 0 Å². The Labute approximate surface area is 349 Å². The van der Waals surface area contributed by atoms with Gasteiger partial charge in [-0.1, -0.05) is 40.7 Å². The molecule has 1 N–H and O–H groups in total. The van der Waals surface area contributed by atoms with Gasteiger partial charge < -0.3 is 38.6 Å². The summed E-state index contributed by atoms with van der Waals surface area (Å²) in [4.78, 5) is 69.2. The summed E-state index contributed by atoms with van der Waals surface area (Å²) in [6, 6.07) is 2.90. The van der Waals surface area contributed by atoms with E-state index in [1.54, 1.807) is 45.1 Å². The van der Waals surface area contributed by atoms with Crippen molar-refractivity contribution in [2.24, 2.45) is 23.7 Å². The van der Waals surface area contributed by atoms with Crippen LogP contribution in [0, 0.1) is 23.7 Å². The van der Waals surface area contributed by atoms with Gasteiger partial charge in [0.15, 0.2) is 17.7 Å². The number of carbonyl (C=O) groups excluding carboxylic acids is 4. The maximum atomic E-state index is 14.7. The fourth-order valence-corrected chi connectivity index (χ4v) is 9.59. The van der Waals surface area contributed by atoms with Crippen molar-refractivity contribution in [2.75, 3.05) is 27.2 Å². The molecule has 3 fully saturated rings. The molecule has 0 radical (unpaired) electrons. The van der Waals surface area contributed by atoms with Crippen LogP contribution in [-0.2, 0) is 44.5 Å². The van der Waals surface area contributed by atoms with Crippen molar-refractivity contribution in [2.45, 2.75) is 155 Å². The number of carbonyl (C=O) groups is 4. The van der Waals surface area contributed by atoms with E-state index in [0.717, 1.165) is 24.2 Å². The fraction of sp³-hybridized carbons (Fsp3) is 0.727. The summed E-state index contributed by atoms with van der Waals surface area (Å²) in [5, 5.41) is 11.6. The number of nitrogens with zero attached hydrogens (tertiary/aromatic N) is 5. The summed E-state index contributed by atoms with van der Waals surface area (Å²) in [5.41, 5.74) is -1.62. The highest BCUT2D eigenvalue weighted by molar-refractivity contribution is 6.00. The van der Waals surface area contributed by atoms with Gasteiger partial charge >= 0.3 is 12.1 Å². The second kappa shape index (κ2) is 19.3. The minimum atomic E-state index is -1.40. The Bertz CT molecular complexity index is 1740. The minimum absolute atomic E-state index is 0.133. The third-order valence-corrected chi connectivity index (χ3v) is 13.3. The monoisotopic (exact) mass is 825 g/mol. The average Bonchev–Trinajstić information content (AvgIpc) is 3.85. The second-order valence-corrected chi connectivity index (χ2v) is 17.4. The number of hydrogen-bond acceptors (Lipinski definition) is 13. The number of aliphatic hydroxyl groups is 1. The van der Waals surface area contributed by atoms with Crippen LogP contribution in [0.1, 0.15) is 100.0 Å². The van der Waals surface area contributed by atoms with Crippen LogP contribution in [0.5, 0.6) is 0 Å². The molecule has 59 heavy (non-hydrogen) atoms. The lowest BCUT2D eigenvalue weighted by Gasteiger charge is -2.47. The summed E-state index contributed by atoms with van der Waals surface area (Å²) in [5.74, 6) is -4.17. The minimum Gasteiger partial charge on any atom is -0.458 e. The Morgan fingerprint density at radius 2 is 1.75 bits per heavy atom. The molecule has 2 aromatic heterocycles. The number of unbranched alkanes of at least 4 members (excludes halogenated alkanes) is 1. The van der Waals surface area contributed by atoms with Crippen molar-refractivity contribution < 1.29 is 48.0 Å². The maximum absolute atomic E-state index is 14.7. The Kier molecular flexibility index (Phi) is 15.2. The number of ketones is 2. The van der Waals surface area contributed by atoms with E-state index in [9.17, 15) is 24.3 Å². The molecule has 0 spiro atoms. The number of methoxy groups -OCH3 is 1. The number of aliphatic hydroxyl groups excluding tert-OH is 1. The predicted molar refractivity (Wildman–Crippen MR) is 218 cm³/mol. The average molecular weight is 826 g/mol. The van der Waals surface area contributed by atoms with Crippen molar-refractivity contribution in [3.05, 3.63) is 42.6 Å². The lowest BCUT2D eigenvalue weighted by atomic mass is 9.73. The molecule has 5 heterocycles. The van der Waals surface area contributed by atoms with Gasteiger partial charge in [0.1, 0.15) is 36.1 Å². The molecule has 0 saturated carbocycles. The number of imidazole rings is 1. The Hall–Kier alpha value is -3.76. The molecule has 1 amide bonds. The van der Waals surface area contributed by atoms with Gasteiger partial charge in [-0.15, -0.1) is 0 Å². The number of esters is 1. The third-order valence-electron chi connectivity index (χ3n) is 13.3.